The Kier molecular flexibility index (Phi) is 7.67. The molecule has 1 aromatic heterocycles. The van der Waals surface area contributed by atoms with E-state index in [2.05, 4.69) is 38.8 Å². The summed E-state index contributed by atoms with van der Waals surface area (Å²) in [5.41, 5.74) is -0.379. The van der Waals surface area contributed by atoms with E-state index in [9.17, 15) is 9.59 Å². The summed E-state index contributed by atoms with van der Waals surface area (Å²) >= 11 is 8.40. The van der Waals surface area contributed by atoms with Gasteiger partial charge in [-0.15, -0.1) is 0 Å². The van der Waals surface area contributed by atoms with Crippen LogP contribution in [0.25, 0.3) is 0 Å². The highest BCUT2D eigenvalue weighted by Gasteiger charge is 2.52. The van der Waals surface area contributed by atoms with E-state index in [0.29, 0.717) is 18.6 Å². The van der Waals surface area contributed by atoms with Gasteiger partial charge < -0.3 is 9.16 Å². The lowest BCUT2D eigenvalue weighted by molar-refractivity contribution is -0.0380. The Bertz CT molecular complexity index is 882. The van der Waals surface area contributed by atoms with Crippen LogP contribution in [-0.4, -0.2) is 48.2 Å². The van der Waals surface area contributed by atoms with Crippen molar-refractivity contribution in [1.29, 1.82) is 0 Å². The Morgan fingerprint density at radius 3 is 2.57 bits per heavy atom. The Morgan fingerprint density at radius 2 is 1.97 bits per heavy atom. The number of aromatic amines is 1. The minimum absolute atomic E-state index is 0.0866. The van der Waals surface area contributed by atoms with Gasteiger partial charge in [-0.1, -0.05) is 20.8 Å². The first-order valence-corrected chi connectivity index (χ1v) is 19.0. The summed E-state index contributed by atoms with van der Waals surface area (Å²) < 4.78 is 20.7. The molecule has 3 rings (SSSR count). The molecule has 30 heavy (non-hydrogen) atoms. The predicted molar refractivity (Wildman–Crippen MR) is 133 cm³/mol. The molecule has 0 aromatic carbocycles. The first-order chi connectivity index (χ1) is 13.8. The van der Waals surface area contributed by atoms with Crippen LogP contribution in [0.1, 0.15) is 39.0 Å². The zero-order valence-electron chi connectivity index (χ0n) is 18.3. The van der Waals surface area contributed by atoms with E-state index in [-0.39, 0.29) is 22.8 Å². The van der Waals surface area contributed by atoms with Crippen molar-refractivity contribution < 1.29 is 13.7 Å². The van der Waals surface area contributed by atoms with Gasteiger partial charge in [-0.3, -0.25) is 14.3 Å². The molecule has 2 aliphatic heterocycles. The highest BCUT2D eigenvalue weighted by molar-refractivity contribution is 9.15. The van der Waals surface area contributed by atoms with Crippen LogP contribution in [0.15, 0.2) is 15.8 Å². The predicted octanol–water partition coefficient (Wildman–Crippen LogP) is 4.63. The summed E-state index contributed by atoms with van der Waals surface area (Å²) in [5.74, 6) is 2.06. The van der Waals surface area contributed by atoms with E-state index < -0.39 is 25.3 Å². The average molecular weight is 512 g/mol. The van der Waals surface area contributed by atoms with Gasteiger partial charge in [0.05, 0.1) is 41.6 Å². The Morgan fingerprint density at radius 1 is 1.33 bits per heavy atom. The largest absolute Gasteiger partial charge is 0.414 e. The molecule has 2 aliphatic rings. The van der Waals surface area contributed by atoms with E-state index in [1.807, 2.05) is 0 Å². The van der Waals surface area contributed by atoms with Gasteiger partial charge in [0.15, 0.2) is 8.32 Å². The van der Waals surface area contributed by atoms with Gasteiger partial charge in [0, 0.05) is 29.7 Å². The van der Waals surface area contributed by atoms with Crippen molar-refractivity contribution >= 4 is 48.4 Å². The molecule has 7 nitrogen and oxygen atoms in total. The fourth-order valence-corrected chi connectivity index (χ4v) is 13.7. The quantitative estimate of drug-likeness (QED) is 0.327. The van der Waals surface area contributed by atoms with Gasteiger partial charge in [0.2, 0.25) is 0 Å². The minimum Gasteiger partial charge on any atom is -0.414 e. The third-order valence-corrected chi connectivity index (χ3v) is 20.5. The van der Waals surface area contributed by atoms with Crippen molar-refractivity contribution in [1.82, 2.24) is 9.55 Å². The summed E-state index contributed by atoms with van der Waals surface area (Å²) in [6.07, 6.45) is 1.05. The maximum Gasteiger partial charge on any atom is 0.330 e. The fraction of sp³-hybridized carbons (Fsp3) is 0.778. The number of H-pyrrole nitrogens is 1. The SMILES string of the molecule is Cc1cn([C@H]2C[C@H](O[P+]3(S)SCCS3)[C@@H](CO[Si](C)(C)C(C)(C)C)O2)c(=O)[nH]c1=O. The molecule has 170 valence electrons. The standard InChI is InChI=1S/C18H31N2O5PS3Si/c1-12-10-20(17(22)19-16(12)21)15-9-13(25-26(27)28-7-8-29-26)14(24-15)11-23-30(5,6)18(2,3)4/h10,13-15,27H,7-9,11H2,1-6H3/p+1/t13-,14+,15+/m0/s1. The van der Waals surface area contributed by atoms with Crippen LogP contribution in [-0.2, 0) is 13.7 Å². The number of thiol groups is 1. The molecule has 0 spiro atoms. The van der Waals surface area contributed by atoms with E-state index >= 15 is 0 Å². The van der Waals surface area contributed by atoms with E-state index in [1.54, 1.807) is 35.9 Å². The molecule has 0 radical (unpaired) electrons. The Balaban J connectivity index is 1.81. The zero-order valence-corrected chi connectivity index (χ0v) is 22.8. The lowest BCUT2D eigenvalue weighted by Gasteiger charge is -2.37. The summed E-state index contributed by atoms with van der Waals surface area (Å²) in [5, 5.41) is -1.81. The van der Waals surface area contributed by atoms with Crippen LogP contribution >= 0.6 is 40.1 Å². The molecule has 0 aliphatic carbocycles. The summed E-state index contributed by atoms with van der Waals surface area (Å²) in [6, 6.07) is 0. The molecule has 0 bridgehead atoms. The lowest BCUT2D eigenvalue weighted by Crippen LogP contribution is -2.44. The van der Waals surface area contributed by atoms with Crippen LogP contribution in [0, 0.1) is 6.92 Å². The fourth-order valence-electron chi connectivity index (χ4n) is 3.01. The third kappa shape index (κ3) is 5.59. The molecule has 0 saturated carbocycles. The van der Waals surface area contributed by atoms with Crippen molar-refractivity contribution in [2.24, 2.45) is 0 Å². The van der Waals surface area contributed by atoms with Crippen molar-refractivity contribution in [3.63, 3.8) is 0 Å². The summed E-state index contributed by atoms with van der Waals surface area (Å²) in [7, 11) is -1.97. The molecule has 1 aromatic rings. The van der Waals surface area contributed by atoms with Gasteiger partial charge >= 0.3 is 10.8 Å². The molecule has 0 amide bonds. The van der Waals surface area contributed by atoms with Crippen LogP contribution in [0.3, 0.4) is 0 Å². The number of nitrogens with one attached hydrogen (secondary N) is 1. The second kappa shape index (κ2) is 9.25. The van der Waals surface area contributed by atoms with Crippen molar-refractivity contribution in [3.8, 4) is 0 Å². The number of hydrogen-bond donors (Lipinski definition) is 2. The monoisotopic (exact) mass is 511 g/mol. The number of rotatable bonds is 6. The van der Waals surface area contributed by atoms with Gasteiger partial charge in [0.25, 0.3) is 5.56 Å². The topological polar surface area (TPSA) is 82.6 Å². The van der Waals surface area contributed by atoms with Crippen LogP contribution in [0.2, 0.25) is 18.1 Å². The minimum atomic E-state index is -1.97. The summed E-state index contributed by atoms with van der Waals surface area (Å²) in [4.78, 5) is 26.5. The zero-order chi connectivity index (χ0) is 22.3. The van der Waals surface area contributed by atoms with Gasteiger partial charge in [0.1, 0.15) is 18.4 Å². The molecule has 0 unspecified atom stereocenters. The van der Waals surface area contributed by atoms with Crippen molar-refractivity contribution in [2.45, 2.75) is 70.7 Å². The van der Waals surface area contributed by atoms with Crippen LogP contribution in [0.4, 0.5) is 0 Å². The average Bonchev–Trinajstić information content (AvgIpc) is 3.22. The van der Waals surface area contributed by atoms with E-state index in [4.69, 9.17) is 25.9 Å². The molecule has 1 N–H and O–H groups in total. The number of aryl methyl sites for hydroxylation is 1. The second-order valence-corrected chi connectivity index (χ2v) is 25.1. The van der Waals surface area contributed by atoms with Gasteiger partial charge in [-0.2, -0.15) is 4.52 Å². The highest BCUT2D eigenvalue weighted by atomic mass is 33.4. The number of aromatic nitrogens is 2. The Hall–Kier alpha value is 0.257. The van der Waals surface area contributed by atoms with Crippen molar-refractivity contribution in [2.75, 3.05) is 18.1 Å². The number of nitrogens with zero attached hydrogens (tertiary/aromatic N) is 1. The summed E-state index contributed by atoms with van der Waals surface area (Å²) in [6.45, 7) is 13.1. The Labute approximate surface area is 192 Å². The molecule has 2 fully saturated rings. The lowest BCUT2D eigenvalue weighted by atomic mass is 10.2. The van der Waals surface area contributed by atoms with E-state index in [0.717, 1.165) is 11.5 Å². The molecule has 3 heterocycles. The normalized spacial score (nSPS) is 27.0. The molecule has 3 atom stereocenters. The maximum atomic E-state index is 12.4. The third-order valence-electron chi connectivity index (χ3n) is 5.91. The van der Waals surface area contributed by atoms with Gasteiger partial charge in [-0.05, 0) is 25.1 Å². The van der Waals surface area contributed by atoms with E-state index in [1.165, 1.54) is 4.57 Å². The molecular weight excluding hydrogens is 479 g/mol. The smallest absolute Gasteiger partial charge is 0.330 e. The molecular formula is C18H32N2O5PS3Si+. The number of hydrogen-bond acceptors (Lipinski definition) is 8. The van der Waals surface area contributed by atoms with Crippen molar-refractivity contribution in [3.05, 3.63) is 32.6 Å². The first kappa shape index (κ1) is 24.9. The number of ether oxygens (including phenoxy) is 1. The van der Waals surface area contributed by atoms with Gasteiger partial charge in [-0.25, -0.2) is 4.79 Å². The van der Waals surface area contributed by atoms with Crippen LogP contribution < -0.4 is 11.2 Å². The molecule has 2 saturated heterocycles. The second-order valence-electron chi connectivity index (χ2n) is 9.19. The highest BCUT2D eigenvalue weighted by Crippen LogP contribution is 2.87. The maximum absolute atomic E-state index is 12.4. The van der Waals surface area contributed by atoms with Crippen LogP contribution in [0.5, 0.6) is 0 Å². The first-order valence-electron chi connectivity index (χ1n) is 10.0. The molecule has 12 heteroatoms.